The van der Waals surface area contributed by atoms with Gasteiger partial charge in [-0.05, 0) is 18.6 Å². The highest BCUT2D eigenvalue weighted by Crippen LogP contribution is 2.08. The molecule has 1 saturated heterocycles. The van der Waals surface area contributed by atoms with Gasteiger partial charge in [0.05, 0.1) is 6.54 Å². The van der Waals surface area contributed by atoms with E-state index in [1.807, 2.05) is 35.2 Å². The van der Waals surface area contributed by atoms with Crippen LogP contribution >= 0.6 is 0 Å². The van der Waals surface area contributed by atoms with Gasteiger partial charge in [-0.15, -0.1) is 0 Å². The summed E-state index contributed by atoms with van der Waals surface area (Å²) in [6.45, 7) is 4.45. The highest BCUT2D eigenvalue weighted by atomic mass is 16.5. The van der Waals surface area contributed by atoms with E-state index >= 15 is 0 Å². The third-order valence-corrected chi connectivity index (χ3v) is 3.89. The van der Waals surface area contributed by atoms with Gasteiger partial charge in [0, 0.05) is 52.0 Å². The molecule has 0 aromatic heterocycles. The molecule has 0 radical (unpaired) electrons. The zero-order valence-electron chi connectivity index (χ0n) is 13.7. The molecule has 0 atom stereocenters. The standard InChI is InChI=1S/C17H25N3O3/c1-23-13-5-8-18-16(21)14-19-9-11-20(12-10-19)17(22)15-6-3-2-4-7-15/h2-4,6-7H,5,8-14H2,1H3,(H,18,21). The van der Waals surface area contributed by atoms with Crippen molar-refractivity contribution >= 4 is 11.8 Å². The predicted octanol–water partition coefficient (Wildman–Crippen LogP) is 0.597. The number of nitrogens with zero attached hydrogens (tertiary/aromatic N) is 2. The third kappa shape index (κ3) is 5.65. The van der Waals surface area contributed by atoms with Crippen LogP contribution in [0.15, 0.2) is 30.3 Å². The van der Waals surface area contributed by atoms with Gasteiger partial charge in [0.15, 0.2) is 0 Å². The minimum atomic E-state index is 0.0314. The summed E-state index contributed by atoms with van der Waals surface area (Å²) in [4.78, 5) is 28.1. The van der Waals surface area contributed by atoms with Crippen LogP contribution in [0.1, 0.15) is 16.8 Å². The number of carbonyl (C=O) groups is 2. The topological polar surface area (TPSA) is 61.9 Å². The van der Waals surface area contributed by atoms with E-state index in [1.54, 1.807) is 7.11 Å². The Hall–Kier alpha value is -1.92. The number of hydrogen-bond donors (Lipinski definition) is 1. The van der Waals surface area contributed by atoms with Crippen molar-refractivity contribution in [3.63, 3.8) is 0 Å². The second-order valence-corrected chi connectivity index (χ2v) is 5.63. The van der Waals surface area contributed by atoms with Crippen molar-refractivity contribution in [2.45, 2.75) is 6.42 Å². The summed E-state index contributed by atoms with van der Waals surface area (Å²) >= 11 is 0. The number of methoxy groups -OCH3 is 1. The second kappa shape index (κ2) is 9.27. The van der Waals surface area contributed by atoms with Crippen LogP contribution in [0, 0.1) is 0 Å². The maximum Gasteiger partial charge on any atom is 0.253 e. The Bertz CT molecular complexity index is 499. The van der Waals surface area contributed by atoms with Crippen molar-refractivity contribution in [2.24, 2.45) is 0 Å². The average molecular weight is 319 g/mol. The van der Waals surface area contributed by atoms with Gasteiger partial charge in [-0.2, -0.15) is 0 Å². The number of amides is 2. The van der Waals surface area contributed by atoms with Gasteiger partial charge < -0.3 is 15.0 Å². The van der Waals surface area contributed by atoms with Crippen molar-refractivity contribution in [3.05, 3.63) is 35.9 Å². The van der Waals surface area contributed by atoms with Crippen LogP contribution in [0.25, 0.3) is 0 Å². The molecule has 1 heterocycles. The third-order valence-electron chi connectivity index (χ3n) is 3.89. The molecule has 0 saturated carbocycles. The van der Waals surface area contributed by atoms with Gasteiger partial charge >= 0.3 is 0 Å². The minimum absolute atomic E-state index is 0.0314. The van der Waals surface area contributed by atoms with Gasteiger partial charge in [0.2, 0.25) is 5.91 Å². The molecule has 1 aliphatic heterocycles. The number of rotatable bonds is 7. The Morgan fingerprint density at radius 1 is 1.13 bits per heavy atom. The van der Waals surface area contributed by atoms with Gasteiger partial charge in [0.1, 0.15) is 0 Å². The van der Waals surface area contributed by atoms with Crippen LogP contribution in [-0.2, 0) is 9.53 Å². The van der Waals surface area contributed by atoms with Gasteiger partial charge in [-0.25, -0.2) is 0 Å². The van der Waals surface area contributed by atoms with E-state index in [0.717, 1.165) is 25.1 Å². The molecular formula is C17H25N3O3. The molecule has 1 aromatic rings. The van der Waals surface area contributed by atoms with Crippen LogP contribution in [-0.4, -0.2) is 74.6 Å². The number of hydrogen-bond acceptors (Lipinski definition) is 4. The summed E-state index contributed by atoms with van der Waals surface area (Å²) in [5.74, 6) is 0.0956. The maximum absolute atomic E-state index is 12.3. The van der Waals surface area contributed by atoms with Crippen molar-refractivity contribution < 1.29 is 14.3 Å². The predicted molar refractivity (Wildman–Crippen MR) is 88.3 cm³/mol. The number of piperazine rings is 1. The number of benzene rings is 1. The normalized spacial score (nSPS) is 15.4. The van der Waals surface area contributed by atoms with Gasteiger partial charge in [-0.3, -0.25) is 14.5 Å². The highest BCUT2D eigenvalue weighted by Gasteiger charge is 2.22. The molecule has 0 aliphatic carbocycles. The monoisotopic (exact) mass is 319 g/mol. The first-order valence-electron chi connectivity index (χ1n) is 8.03. The van der Waals surface area contributed by atoms with E-state index in [0.29, 0.717) is 32.8 Å². The Morgan fingerprint density at radius 2 is 1.83 bits per heavy atom. The molecule has 2 rings (SSSR count). The maximum atomic E-state index is 12.3. The van der Waals surface area contributed by atoms with Crippen molar-refractivity contribution in [1.82, 2.24) is 15.1 Å². The van der Waals surface area contributed by atoms with E-state index in [2.05, 4.69) is 10.2 Å². The molecule has 6 heteroatoms. The van der Waals surface area contributed by atoms with Crippen LogP contribution in [0.5, 0.6) is 0 Å². The molecule has 6 nitrogen and oxygen atoms in total. The quantitative estimate of drug-likeness (QED) is 0.748. The first kappa shape index (κ1) is 17.4. The molecule has 1 aliphatic rings. The smallest absolute Gasteiger partial charge is 0.253 e. The van der Waals surface area contributed by atoms with Crippen molar-refractivity contribution in [3.8, 4) is 0 Å². The Kier molecular flexibility index (Phi) is 7.03. The largest absolute Gasteiger partial charge is 0.385 e. The van der Waals surface area contributed by atoms with Crippen LogP contribution in [0.3, 0.4) is 0 Å². The summed E-state index contributed by atoms with van der Waals surface area (Å²) < 4.78 is 4.95. The van der Waals surface area contributed by atoms with Crippen LogP contribution in [0.4, 0.5) is 0 Å². The number of carbonyl (C=O) groups excluding carboxylic acids is 2. The molecule has 0 spiro atoms. The molecule has 1 fully saturated rings. The molecular weight excluding hydrogens is 294 g/mol. The van der Waals surface area contributed by atoms with Crippen molar-refractivity contribution in [1.29, 1.82) is 0 Å². The van der Waals surface area contributed by atoms with E-state index in [-0.39, 0.29) is 11.8 Å². The average Bonchev–Trinajstić information content (AvgIpc) is 2.59. The van der Waals surface area contributed by atoms with Gasteiger partial charge in [-0.1, -0.05) is 18.2 Å². The van der Waals surface area contributed by atoms with Crippen LogP contribution < -0.4 is 5.32 Å². The van der Waals surface area contributed by atoms with Crippen LogP contribution in [0.2, 0.25) is 0 Å². The lowest BCUT2D eigenvalue weighted by molar-refractivity contribution is -0.122. The fourth-order valence-electron chi connectivity index (χ4n) is 2.58. The second-order valence-electron chi connectivity index (χ2n) is 5.63. The molecule has 0 bridgehead atoms. The van der Waals surface area contributed by atoms with E-state index < -0.39 is 0 Å². The first-order chi connectivity index (χ1) is 11.2. The fraction of sp³-hybridized carbons (Fsp3) is 0.529. The molecule has 1 aromatic carbocycles. The van der Waals surface area contributed by atoms with E-state index in [4.69, 9.17) is 4.74 Å². The fourth-order valence-corrected chi connectivity index (χ4v) is 2.58. The highest BCUT2D eigenvalue weighted by molar-refractivity contribution is 5.94. The molecule has 126 valence electrons. The molecule has 1 N–H and O–H groups in total. The molecule has 0 unspecified atom stereocenters. The van der Waals surface area contributed by atoms with E-state index in [1.165, 1.54) is 0 Å². The molecule has 23 heavy (non-hydrogen) atoms. The number of ether oxygens (including phenoxy) is 1. The first-order valence-corrected chi connectivity index (χ1v) is 8.03. The molecule has 2 amide bonds. The SMILES string of the molecule is COCCCNC(=O)CN1CCN(C(=O)c2ccccc2)CC1. The minimum Gasteiger partial charge on any atom is -0.385 e. The zero-order valence-corrected chi connectivity index (χ0v) is 13.7. The zero-order chi connectivity index (χ0) is 16.5. The Labute approximate surface area is 137 Å². The number of nitrogens with one attached hydrogen (secondary N) is 1. The lowest BCUT2D eigenvalue weighted by atomic mass is 10.2. The summed E-state index contributed by atoms with van der Waals surface area (Å²) in [7, 11) is 1.65. The summed E-state index contributed by atoms with van der Waals surface area (Å²) in [6.07, 6.45) is 0.821. The lowest BCUT2D eigenvalue weighted by Gasteiger charge is -2.34. The van der Waals surface area contributed by atoms with Gasteiger partial charge in [0.25, 0.3) is 5.91 Å². The summed E-state index contributed by atoms with van der Waals surface area (Å²) in [5.41, 5.74) is 0.719. The van der Waals surface area contributed by atoms with Crippen molar-refractivity contribution in [2.75, 3.05) is 53.0 Å². The summed E-state index contributed by atoms with van der Waals surface area (Å²) in [6, 6.07) is 9.32. The Balaban J connectivity index is 1.69. The Morgan fingerprint density at radius 3 is 2.48 bits per heavy atom. The lowest BCUT2D eigenvalue weighted by Crippen LogP contribution is -2.51. The summed E-state index contributed by atoms with van der Waals surface area (Å²) in [5, 5.41) is 2.88. The van der Waals surface area contributed by atoms with E-state index in [9.17, 15) is 9.59 Å².